The molecule has 0 aliphatic carbocycles. The lowest BCUT2D eigenvalue weighted by Crippen LogP contribution is -2.51. The highest BCUT2D eigenvalue weighted by Gasteiger charge is 2.46. The topological polar surface area (TPSA) is 251 Å². The molecule has 0 aromatic rings. The fourth-order valence-electron chi connectivity index (χ4n) is 11.1. The molecule has 0 aromatic heterocycles. The molecule has 532 valence electrons. The Balaban J connectivity index is 2.59. The van der Waals surface area contributed by atoms with Gasteiger partial charge in [0, 0.05) is 52.1 Å². The van der Waals surface area contributed by atoms with Gasteiger partial charge in [-0.05, 0) is 170 Å². The smallest absolute Gasteiger partial charge is 0.326 e. The molecule has 5 unspecified atom stereocenters. The second-order valence-corrected chi connectivity index (χ2v) is 26.9. The Morgan fingerprint density at radius 3 is 1.50 bits per heavy atom. The zero-order valence-corrected chi connectivity index (χ0v) is 59.1. The Bertz CT molecular complexity index is 2020. The number of rotatable bonds is 62. The van der Waals surface area contributed by atoms with Crippen molar-refractivity contribution in [2.24, 2.45) is 5.41 Å². The number of urea groups is 1. The number of carboxylic acid groups (broad SMARTS) is 3. The van der Waals surface area contributed by atoms with Crippen LogP contribution < -0.4 is 21.3 Å². The van der Waals surface area contributed by atoms with Crippen molar-refractivity contribution in [1.82, 2.24) is 26.2 Å². The summed E-state index contributed by atoms with van der Waals surface area (Å²) < 4.78 is 26.7. The second kappa shape index (κ2) is 54.6. The van der Waals surface area contributed by atoms with E-state index in [0.717, 1.165) is 83.6 Å². The summed E-state index contributed by atoms with van der Waals surface area (Å²) in [6.45, 7) is 15.1. The molecule has 0 radical (unpaired) electrons. The van der Waals surface area contributed by atoms with Crippen molar-refractivity contribution in [2.45, 2.75) is 328 Å². The van der Waals surface area contributed by atoms with E-state index in [-0.39, 0.29) is 56.4 Å². The number of carboxylic acids is 3. The van der Waals surface area contributed by atoms with Gasteiger partial charge >= 0.3 is 23.9 Å². The van der Waals surface area contributed by atoms with E-state index in [2.05, 4.69) is 103 Å². The number of unbranched alkanes of at least 4 members (excludes halogenated alkanes) is 22. The van der Waals surface area contributed by atoms with Crippen molar-refractivity contribution in [2.75, 3.05) is 53.6 Å². The molecule has 1 aliphatic rings. The lowest BCUT2D eigenvalue weighted by molar-refractivity contribution is -0.188. The Morgan fingerprint density at radius 1 is 0.543 bits per heavy atom. The average Bonchev–Trinajstić information content (AvgIpc) is 1.71. The van der Waals surface area contributed by atoms with E-state index in [0.29, 0.717) is 39.0 Å². The molecule has 1 fully saturated rings. The van der Waals surface area contributed by atoms with Crippen molar-refractivity contribution in [3.8, 4) is 0 Å². The molecule has 7 N–H and O–H groups in total. The maximum Gasteiger partial charge on any atom is 0.326 e. The molecule has 0 aromatic carbocycles. The van der Waals surface area contributed by atoms with E-state index in [1.54, 1.807) is 0 Å². The Morgan fingerprint density at radius 2 is 1.00 bits per heavy atom. The van der Waals surface area contributed by atoms with E-state index >= 15 is 0 Å². The Labute approximate surface area is 557 Å². The van der Waals surface area contributed by atoms with Crippen LogP contribution in [0.4, 0.5) is 4.79 Å². The first-order valence-electron chi connectivity index (χ1n) is 36.3. The highest BCUT2D eigenvalue weighted by molar-refractivity contribution is 5.86. The van der Waals surface area contributed by atoms with Crippen LogP contribution in [-0.4, -0.2) is 145 Å². The number of carbonyl (C=O) groups is 6. The van der Waals surface area contributed by atoms with Gasteiger partial charge in [-0.25, -0.2) is 14.4 Å². The van der Waals surface area contributed by atoms with Crippen LogP contribution in [0, 0.1) is 5.41 Å². The van der Waals surface area contributed by atoms with Crippen molar-refractivity contribution in [3.05, 3.63) is 48.6 Å². The number of ether oxygens (including phenoxy) is 4. The maximum atomic E-state index is 13.3. The third kappa shape index (κ3) is 45.7. The molecule has 1 rings (SSSR count). The zero-order chi connectivity index (χ0) is 68.0. The highest BCUT2D eigenvalue weighted by atomic mass is 16.8. The molecule has 1 heterocycles. The van der Waals surface area contributed by atoms with E-state index in [4.69, 9.17) is 24.1 Å². The van der Waals surface area contributed by atoms with Crippen molar-refractivity contribution < 1.29 is 63.0 Å². The monoisotopic (exact) mass is 1300 g/mol. The first-order chi connectivity index (χ1) is 44.2. The molecular weight excluding hydrogens is 1170 g/mol. The summed E-state index contributed by atoms with van der Waals surface area (Å²) in [7, 11) is 4.26. The van der Waals surface area contributed by atoms with Gasteiger partial charge in [0.1, 0.15) is 12.1 Å². The number of allylic oxidation sites excluding steroid dienone is 8. The second-order valence-electron chi connectivity index (χ2n) is 26.9. The number of hydrogen-bond donors (Lipinski definition) is 7. The van der Waals surface area contributed by atoms with Crippen LogP contribution in [0.15, 0.2) is 48.6 Å². The SMILES string of the molecule is CCCCCC=CCC=CCCCCCCCCC1(CCCCCCCCC=CCC=CCCCCC)OC(CCOCCCCCCNC(=O)C(C)(C)COC(C)(CC)CC(=O)NCCCCC(NC(=O)NC(CCC(=O)O)C(=O)O)C(=O)O)C(CCN(C)C)O1. The van der Waals surface area contributed by atoms with Crippen LogP contribution in [0.2, 0.25) is 0 Å². The normalized spacial score (nSPS) is 17.5. The first-order valence-corrected chi connectivity index (χ1v) is 36.3. The zero-order valence-electron chi connectivity index (χ0n) is 59.1. The Hall–Kier alpha value is -4.62. The summed E-state index contributed by atoms with van der Waals surface area (Å²) in [5.74, 6) is -4.91. The minimum absolute atomic E-state index is 0.00920. The lowest BCUT2D eigenvalue weighted by Gasteiger charge is -2.33. The lowest BCUT2D eigenvalue weighted by atomic mass is 9.92. The molecule has 1 aliphatic heterocycles. The van der Waals surface area contributed by atoms with Gasteiger partial charge in [-0.1, -0.05) is 159 Å². The largest absolute Gasteiger partial charge is 0.481 e. The number of amides is 4. The van der Waals surface area contributed by atoms with Crippen molar-refractivity contribution in [3.63, 3.8) is 0 Å². The van der Waals surface area contributed by atoms with Gasteiger partial charge < -0.3 is 60.4 Å². The third-order valence-electron chi connectivity index (χ3n) is 17.3. The average molecular weight is 1300 g/mol. The van der Waals surface area contributed by atoms with E-state index in [9.17, 15) is 39.0 Å². The molecule has 5 atom stereocenters. The number of hydrogen-bond acceptors (Lipinski definition) is 11. The van der Waals surface area contributed by atoms with Crippen LogP contribution >= 0.6 is 0 Å². The van der Waals surface area contributed by atoms with E-state index in [1.807, 2.05) is 27.7 Å². The molecule has 0 saturated carbocycles. The van der Waals surface area contributed by atoms with Gasteiger partial charge in [-0.15, -0.1) is 0 Å². The molecule has 0 spiro atoms. The van der Waals surface area contributed by atoms with Gasteiger partial charge in [0.2, 0.25) is 11.8 Å². The van der Waals surface area contributed by atoms with Gasteiger partial charge in [0.05, 0.1) is 36.3 Å². The quantitative estimate of drug-likeness (QED) is 0.0221. The molecule has 1 saturated heterocycles. The van der Waals surface area contributed by atoms with Gasteiger partial charge in [-0.3, -0.25) is 14.4 Å². The molecule has 18 nitrogen and oxygen atoms in total. The van der Waals surface area contributed by atoms with Gasteiger partial charge in [-0.2, -0.15) is 0 Å². The van der Waals surface area contributed by atoms with Gasteiger partial charge in [0.15, 0.2) is 5.79 Å². The number of aliphatic carboxylic acids is 3. The van der Waals surface area contributed by atoms with Crippen LogP contribution in [0.1, 0.15) is 292 Å². The minimum atomic E-state index is -1.50. The van der Waals surface area contributed by atoms with Gasteiger partial charge in [0.25, 0.3) is 0 Å². The van der Waals surface area contributed by atoms with Crippen molar-refractivity contribution >= 4 is 35.8 Å². The number of nitrogens with zero attached hydrogens (tertiary/aromatic N) is 1. The summed E-state index contributed by atoms with van der Waals surface area (Å²) in [5, 5.41) is 38.0. The third-order valence-corrected chi connectivity index (χ3v) is 17.3. The molecule has 4 amide bonds. The summed E-state index contributed by atoms with van der Waals surface area (Å²) in [6.07, 6.45) is 56.1. The highest BCUT2D eigenvalue weighted by Crippen LogP contribution is 2.40. The summed E-state index contributed by atoms with van der Waals surface area (Å²) in [4.78, 5) is 74.9. The minimum Gasteiger partial charge on any atom is -0.481 e. The standard InChI is InChI=1S/C74H133N5O13/c1-9-12-14-16-18-20-22-24-26-28-30-32-34-36-38-43-53-74(54-44-39-37-35-33-31-29-27-25-23-21-19-17-15-13-10-2)91-64(51-57-79(7)8)65(92-74)52-59-89-58-47-41-40-45-56-76-70(87)72(4,5)61-90-73(6,11-3)60-66(80)75-55-46-42-48-62(68(83)84)77-71(88)78-63(69(85)86)49-50-67(81)82/h18-21,24-27,62-65H,9-17,22-23,28-61H2,1-8H3,(H,75,80)(H,76,87)(H,81,82)(H,83,84)(H,85,86)(H2,77,78,88). The number of nitrogens with one attached hydrogen (secondary N) is 4. The summed E-state index contributed by atoms with van der Waals surface area (Å²) in [6, 6.07) is -3.87. The fraction of sp³-hybridized carbons (Fsp3) is 0.811. The Kier molecular flexibility index (Phi) is 50.7. The summed E-state index contributed by atoms with van der Waals surface area (Å²) >= 11 is 0. The van der Waals surface area contributed by atoms with Crippen LogP contribution in [0.25, 0.3) is 0 Å². The van der Waals surface area contributed by atoms with Crippen molar-refractivity contribution in [1.29, 1.82) is 0 Å². The molecular formula is C74H133N5O13. The number of carbonyl (C=O) groups excluding carboxylic acids is 3. The maximum absolute atomic E-state index is 13.3. The molecule has 92 heavy (non-hydrogen) atoms. The summed E-state index contributed by atoms with van der Waals surface area (Å²) in [5.41, 5.74) is -1.68. The van der Waals surface area contributed by atoms with E-state index < -0.39 is 59.2 Å². The van der Waals surface area contributed by atoms with Crippen LogP contribution in [0.3, 0.4) is 0 Å². The molecule has 18 heteroatoms. The van der Waals surface area contributed by atoms with E-state index in [1.165, 1.54) is 128 Å². The first kappa shape index (κ1) is 85.4. The van der Waals surface area contributed by atoms with Crippen LogP contribution in [-0.2, 0) is 42.9 Å². The predicted octanol–water partition coefficient (Wildman–Crippen LogP) is 15.9. The predicted molar refractivity (Wildman–Crippen MR) is 372 cm³/mol. The fourth-order valence-corrected chi connectivity index (χ4v) is 11.1. The van der Waals surface area contributed by atoms with Crippen LogP contribution in [0.5, 0.6) is 0 Å². The molecule has 0 bridgehead atoms.